The second kappa shape index (κ2) is 6.89. The van der Waals surface area contributed by atoms with E-state index in [0.29, 0.717) is 10.9 Å². The predicted molar refractivity (Wildman–Crippen MR) is 92.6 cm³/mol. The molecule has 1 N–H and O–H groups in total. The topological polar surface area (TPSA) is 54.9 Å². The summed E-state index contributed by atoms with van der Waals surface area (Å²) < 4.78 is 0. The Morgan fingerprint density at radius 3 is 2.82 bits per heavy atom. The molecule has 0 spiro atoms. The van der Waals surface area contributed by atoms with Crippen LogP contribution in [0.3, 0.4) is 0 Å². The molecular formula is C16H15N3OS2. The van der Waals surface area contributed by atoms with E-state index < -0.39 is 0 Å². The van der Waals surface area contributed by atoms with E-state index in [1.54, 1.807) is 0 Å². The zero-order valence-corrected chi connectivity index (χ0v) is 13.7. The van der Waals surface area contributed by atoms with Crippen LogP contribution in [0.15, 0.2) is 47.4 Å². The largest absolute Gasteiger partial charge is 0.300 e. The molecule has 0 aliphatic rings. The van der Waals surface area contributed by atoms with Crippen molar-refractivity contribution in [1.82, 2.24) is 10.2 Å². The van der Waals surface area contributed by atoms with Crippen molar-refractivity contribution in [3.63, 3.8) is 0 Å². The zero-order valence-electron chi connectivity index (χ0n) is 12.1. The number of thioether (sulfide) groups is 1. The van der Waals surface area contributed by atoms with E-state index >= 15 is 0 Å². The van der Waals surface area contributed by atoms with Crippen molar-refractivity contribution in [2.45, 2.75) is 18.2 Å². The summed E-state index contributed by atoms with van der Waals surface area (Å²) in [5.74, 6) is 0.298. The number of nitrogens with one attached hydrogen (secondary N) is 1. The molecule has 0 saturated heterocycles. The Labute approximate surface area is 137 Å². The molecule has 112 valence electrons. The van der Waals surface area contributed by atoms with Crippen LogP contribution in [0.2, 0.25) is 0 Å². The van der Waals surface area contributed by atoms with Gasteiger partial charge in [-0.25, -0.2) is 0 Å². The second-order valence-corrected chi connectivity index (χ2v) is 6.75. The molecule has 2 aromatic carbocycles. The van der Waals surface area contributed by atoms with Gasteiger partial charge in [-0.1, -0.05) is 54.7 Å². The lowest BCUT2D eigenvalue weighted by Crippen LogP contribution is -2.13. The van der Waals surface area contributed by atoms with Crippen molar-refractivity contribution in [1.29, 1.82) is 0 Å². The molecule has 0 saturated carbocycles. The first kappa shape index (κ1) is 15.0. The number of fused-ring (bicyclic) bond motifs is 1. The van der Waals surface area contributed by atoms with Gasteiger partial charge in [0.1, 0.15) is 5.01 Å². The van der Waals surface area contributed by atoms with Gasteiger partial charge in [0, 0.05) is 4.90 Å². The van der Waals surface area contributed by atoms with Gasteiger partial charge in [0.2, 0.25) is 11.0 Å². The van der Waals surface area contributed by atoms with Crippen LogP contribution in [0, 0.1) is 0 Å². The minimum Gasteiger partial charge on any atom is -0.300 e. The van der Waals surface area contributed by atoms with Gasteiger partial charge in [-0.15, -0.1) is 22.0 Å². The number of nitrogens with zero attached hydrogens (tertiary/aromatic N) is 2. The lowest BCUT2D eigenvalue weighted by molar-refractivity contribution is -0.113. The average Bonchev–Trinajstić information content (AvgIpc) is 3.00. The van der Waals surface area contributed by atoms with Crippen molar-refractivity contribution in [3.8, 4) is 0 Å². The molecule has 0 aliphatic heterocycles. The van der Waals surface area contributed by atoms with Crippen molar-refractivity contribution in [2.75, 3.05) is 11.1 Å². The molecule has 0 aliphatic carbocycles. The molecule has 0 bridgehead atoms. The number of anilines is 1. The highest BCUT2D eigenvalue weighted by Crippen LogP contribution is 2.27. The molecule has 0 atom stereocenters. The molecule has 6 heteroatoms. The number of amides is 1. The number of hydrogen-bond donors (Lipinski definition) is 1. The minimum atomic E-state index is -0.0586. The standard InChI is InChI=1S/C16H15N3OS2/c1-2-15-18-19-16(22-15)17-14(20)10-21-13-9-5-7-11-6-3-4-8-12(11)13/h3-9H,2,10H2,1H3,(H,17,19,20). The summed E-state index contributed by atoms with van der Waals surface area (Å²) >= 11 is 2.96. The number of carbonyl (C=O) groups excluding carboxylic acids is 1. The molecule has 0 fully saturated rings. The fourth-order valence-electron chi connectivity index (χ4n) is 2.07. The summed E-state index contributed by atoms with van der Waals surface area (Å²) in [5, 5.41) is 14.6. The van der Waals surface area contributed by atoms with E-state index in [1.165, 1.54) is 33.9 Å². The van der Waals surface area contributed by atoms with E-state index in [0.717, 1.165) is 16.3 Å². The second-order valence-electron chi connectivity index (χ2n) is 4.67. The van der Waals surface area contributed by atoms with Gasteiger partial charge >= 0.3 is 0 Å². The van der Waals surface area contributed by atoms with E-state index in [1.807, 2.05) is 31.2 Å². The van der Waals surface area contributed by atoms with Gasteiger partial charge in [-0.05, 0) is 23.3 Å². The van der Waals surface area contributed by atoms with Crippen LogP contribution in [0.5, 0.6) is 0 Å². The van der Waals surface area contributed by atoms with Crippen molar-refractivity contribution < 1.29 is 4.79 Å². The molecule has 0 radical (unpaired) electrons. The van der Waals surface area contributed by atoms with Crippen LogP contribution >= 0.6 is 23.1 Å². The number of aryl methyl sites for hydroxylation is 1. The van der Waals surface area contributed by atoms with Gasteiger partial charge in [0.05, 0.1) is 5.75 Å². The fraction of sp³-hybridized carbons (Fsp3) is 0.188. The van der Waals surface area contributed by atoms with Crippen molar-refractivity contribution in [2.24, 2.45) is 0 Å². The molecule has 0 unspecified atom stereocenters. The maximum absolute atomic E-state index is 12.0. The van der Waals surface area contributed by atoms with E-state index in [9.17, 15) is 4.79 Å². The Morgan fingerprint density at radius 2 is 2.00 bits per heavy atom. The number of aromatic nitrogens is 2. The lowest BCUT2D eigenvalue weighted by Gasteiger charge is -2.05. The SMILES string of the molecule is CCc1nnc(NC(=O)CSc2cccc3ccccc23)s1. The lowest BCUT2D eigenvalue weighted by atomic mass is 10.1. The minimum absolute atomic E-state index is 0.0586. The summed E-state index contributed by atoms with van der Waals surface area (Å²) in [6.45, 7) is 2.02. The van der Waals surface area contributed by atoms with Crippen LogP contribution in [0.4, 0.5) is 5.13 Å². The molecule has 3 aromatic rings. The van der Waals surface area contributed by atoms with Gasteiger partial charge in [0.25, 0.3) is 0 Å². The molecule has 1 amide bonds. The van der Waals surface area contributed by atoms with Gasteiger partial charge in [-0.3, -0.25) is 10.1 Å². The van der Waals surface area contributed by atoms with Crippen molar-refractivity contribution in [3.05, 3.63) is 47.5 Å². The Morgan fingerprint density at radius 1 is 1.18 bits per heavy atom. The summed E-state index contributed by atoms with van der Waals surface area (Å²) in [6.07, 6.45) is 0.832. The van der Waals surface area contributed by atoms with Crippen LogP contribution in [-0.2, 0) is 11.2 Å². The number of hydrogen-bond acceptors (Lipinski definition) is 5. The maximum Gasteiger partial charge on any atom is 0.236 e. The van der Waals surface area contributed by atoms with E-state index in [4.69, 9.17) is 0 Å². The first-order valence-electron chi connectivity index (χ1n) is 6.99. The summed E-state index contributed by atoms with van der Waals surface area (Å²) in [6, 6.07) is 14.3. The average molecular weight is 329 g/mol. The van der Waals surface area contributed by atoms with Gasteiger partial charge < -0.3 is 0 Å². The third kappa shape index (κ3) is 3.45. The number of benzene rings is 2. The monoisotopic (exact) mass is 329 g/mol. The molecule has 1 heterocycles. The smallest absolute Gasteiger partial charge is 0.236 e. The maximum atomic E-state index is 12.0. The van der Waals surface area contributed by atoms with E-state index in [-0.39, 0.29) is 5.91 Å². The first-order valence-corrected chi connectivity index (χ1v) is 8.79. The Balaban J connectivity index is 1.65. The Bertz CT molecular complexity index is 795. The molecule has 22 heavy (non-hydrogen) atoms. The highest BCUT2D eigenvalue weighted by molar-refractivity contribution is 8.00. The van der Waals surface area contributed by atoms with Gasteiger partial charge in [-0.2, -0.15) is 0 Å². The van der Waals surface area contributed by atoms with Crippen LogP contribution in [0.1, 0.15) is 11.9 Å². The normalized spacial score (nSPS) is 10.8. The van der Waals surface area contributed by atoms with Crippen LogP contribution in [-0.4, -0.2) is 21.9 Å². The highest BCUT2D eigenvalue weighted by atomic mass is 32.2. The fourth-order valence-corrected chi connectivity index (χ4v) is 3.64. The zero-order chi connectivity index (χ0) is 15.4. The summed E-state index contributed by atoms with van der Waals surface area (Å²) in [5.41, 5.74) is 0. The first-order chi connectivity index (χ1) is 10.8. The molecule has 1 aromatic heterocycles. The third-order valence-corrected chi connectivity index (χ3v) is 5.18. The van der Waals surface area contributed by atoms with Crippen LogP contribution < -0.4 is 5.32 Å². The number of rotatable bonds is 5. The molecule has 4 nitrogen and oxygen atoms in total. The van der Waals surface area contributed by atoms with Crippen molar-refractivity contribution >= 4 is 44.9 Å². The molecule has 3 rings (SSSR count). The summed E-state index contributed by atoms with van der Waals surface area (Å²) in [7, 11) is 0. The highest BCUT2D eigenvalue weighted by Gasteiger charge is 2.09. The Kier molecular flexibility index (Phi) is 4.70. The van der Waals surface area contributed by atoms with E-state index in [2.05, 4.69) is 33.7 Å². The third-order valence-electron chi connectivity index (χ3n) is 3.12. The number of carbonyl (C=O) groups is 1. The predicted octanol–water partition coefficient (Wildman–Crippen LogP) is 3.98. The van der Waals surface area contributed by atoms with Gasteiger partial charge in [0.15, 0.2) is 0 Å². The molecular weight excluding hydrogens is 314 g/mol. The quantitative estimate of drug-likeness (QED) is 0.719. The summed E-state index contributed by atoms with van der Waals surface area (Å²) in [4.78, 5) is 13.1. The Hall–Kier alpha value is -1.92. The van der Waals surface area contributed by atoms with Crippen LogP contribution in [0.25, 0.3) is 10.8 Å².